The Balaban J connectivity index is 2.56. The van der Waals surface area contributed by atoms with E-state index in [4.69, 9.17) is 0 Å². The second-order valence-corrected chi connectivity index (χ2v) is 2.34. The average Bonchev–Trinajstić information content (AvgIpc) is 1.87. The van der Waals surface area contributed by atoms with E-state index >= 15 is 0 Å². The molecule has 0 aliphatic heterocycles. The van der Waals surface area contributed by atoms with Gasteiger partial charge in [0.2, 0.25) is 6.08 Å². The molecule has 0 aromatic heterocycles. The van der Waals surface area contributed by atoms with Crippen molar-refractivity contribution in [3.05, 3.63) is 29.3 Å². The molecule has 0 radical (unpaired) electrons. The van der Waals surface area contributed by atoms with E-state index in [9.17, 15) is 4.79 Å². The topological polar surface area (TPSA) is 29.4 Å². The van der Waals surface area contributed by atoms with Crippen LogP contribution in [0.25, 0.3) is 0 Å². The highest BCUT2D eigenvalue weighted by molar-refractivity contribution is 5.60. The molecule has 0 heterocycles. The summed E-state index contributed by atoms with van der Waals surface area (Å²) in [6.07, 6.45) is 2.50. The van der Waals surface area contributed by atoms with Crippen LogP contribution in [-0.2, 0) is 11.2 Å². The summed E-state index contributed by atoms with van der Waals surface area (Å²) in [7, 11) is 0. The van der Waals surface area contributed by atoms with E-state index in [1.54, 1.807) is 0 Å². The lowest BCUT2D eigenvalue weighted by atomic mass is 9.92. The third-order valence-corrected chi connectivity index (χ3v) is 1.70. The number of isocyanates is 1. The fourth-order valence-electron chi connectivity index (χ4n) is 1.14. The SMILES string of the molecule is O=C=Nc1ccc2cc1C2. The van der Waals surface area contributed by atoms with Gasteiger partial charge in [-0.1, -0.05) is 12.1 Å². The maximum absolute atomic E-state index is 9.86. The minimum atomic E-state index is 0.769. The maximum atomic E-state index is 9.86. The molecule has 3 rings (SSSR count). The highest BCUT2D eigenvalue weighted by Crippen LogP contribution is 2.30. The van der Waals surface area contributed by atoms with Crippen molar-refractivity contribution in [1.82, 2.24) is 0 Å². The lowest BCUT2D eigenvalue weighted by Crippen LogP contribution is -1.99. The normalized spacial score (nSPS) is 11.6. The maximum Gasteiger partial charge on any atom is 0.240 e. The molecule has 0 fully saturated rings. The van der Waals surface area contributed by atoms with Crippen LogP contribution >= 0.6 is 0 Å². The molecule has 48 valence electrons. The molecule has 1 aromatic carbocycles. The van der Waals surface area contributed by atoms with E-state index < -0.39 is 0 Å². The van der Waals surface area contributed by atoms with Crippen LogP contribution in [0, 0.1) is 0 Å². The van der Waals surface area contributed by atoms with Crippen molar-refractivity contribution >= 4 is 11.8 Å². The Morgan fingerprint density at radius 3 is 2.80 bits per heavy atom. The molecule has 0 amide bonds. The summed E-state index contributed by atoms with van der Waals surface area (Å²) < 4.78 is 0. The lowest BCUT2D eigenvalue weighted by molar-refractivity contribution is 0.565. The molecule has 0 N–H and O–H groups in total. The Bertz CT molecular complexity index is 320. The van der Waals surface area contributed by atoms with Gasteiger partial charge in [-0.05, 0) is 23.6 Å². The van der Waals surface area contributed by atoms with E-state index in [0.717, 1.165) is 17.7 Å². The van der Waals surface area contributed by atoms with E-state index in [2.05, 4.69) is 4.99 Å². The second-order valence-electron chi connectivity index (χ2n) is 2.34. The smallest absolute Gasteiger partial charge is 0.211 e. The van der Waals surface area contributed by atoms with Crippen LogP contribution in [0.15, 0.2) is 23.2 Å². The third kappa shape index (κ3) is 0.598. The molecule has 2 aliphatic carbocycles. The minimum absolute atomic E-state index is 0.769. The number of hydrogen-bond acceptors (Lipinski definition) is 2. The number of aliphatic imine (C=N–C) groups is 1. The minimum Gasteiger partial charge on any atom is -0.211 e. The molecule has 1 aromatic rings. The number of rotatable bonds is 1. The Morgan fingerprint density at radius 1 is 1.50 bits per heavy atom. The van der Waals surface area contributed by atoms with E-state index in [0.29, 0.717) is 0 Å². The fraction of sp³-hybridized carbons (Fsp3) is 0.125. The van der Waals surface area contributed by atoms with Gasteiger partial charge in [0.1, 0.15) is 0 Å². The highest BCUT2D eigenvalue weighted by atomic mass is 16.1. The molecular formula is C8H5NO. The second kappa shape index (κ2) is 1.79. The highest BCUT2D eigenvalue weighted by Gasteiger charge is 2.12. The predicted molar refractivity (Wildman–Crippen MR) is 37.0 cm³/mol. The van der Waals surface area contributed by atoms with Crippen LogP contribution < -0.4 is 0 Å². The first kappa shape index (κ1) is 5.39. The first-order valence-corrected chi connectivity index (χ1v) is 3.10. The molecule has 2 heteroatoms. The number of nitrogens with zero attached hydrogens (tertiary/aromatic N) is 1. The van der Waals surface area contributed by atoms with Gasteiger partial charge in [-0.15, -0.1) is 0 Å². The molecule has 0 atom stereocenters. The molecule has 10 heavy (non-hydrogen) atoms. The van der Waals surface area contributed by atoms with Crippen molar-refractivity contribution in [1.29, 1.82) is 0 Å². The van der Waals surface area contributed by atoms with Crippen LogP contribution in [0.5, 0.6) is 0 Å². The van der Waals surface area contributed by atoms with Crippen molar-refractivity contribution in [2.75, 3.05) is 0 Å². The summed E-state index contributed by atoms with van der Waals surface area (Å²) in [4.78, 5) is 13.4. The standard InChI is InChI=1S/C8H5NO/c10-5-9-8-2-1-6-3-7(8)4-6/h1-3H,4H2. The molecule has 2 aliphatic rings. The first-order chi connectivity index (χ1) is 4.90. The lowest BCUT2D eigenvalue weighted by Gasteiger charge is -2.15. The van der Waals surface area contributed by atoms with Gasteiger partial charge in [0.25, 0.3) is 0 Å². The fourth-order valence-corrected chi connectivity index (χ4v) is 1.14. The Labute approximate surface area is 58.2 Å². The molecule has 0 saturated carbocycles. The first-order valence-electron chi connectivity index (χ1n) is 3.10. The van der Waals surface area contributed by atoms with Crippen molar-refractivity contribution in [2.45, 2.75) is 6.42 Å². The van der Waals surface area contributed by atoms with Gasteiger partial charge < -0.3 is 0 Å². The molecule has 0 spiro atoms. The zero-order valence-corrected chi connectivity index (χ0v) is 5.29. The van der Waals surface area contributed by atoms with Crippen molar-refractivity contribution in [3.8, 4) is 0 Å². The van der Waals surface area contributed by atoms with Crippen LogP contribution in [0.3, 0.4) is 0 Å². The van der Waals surface area contributed by atoms with Crippen LogP contribution in [0.1, 0.15) is 11.1 Å². The summed E-state index contributed by atoms with van der Waals surface area (Å²) in [5.41, 5.74) is 3.24. The zero-order chi connectivity index (χ0) is 6.97. The van der Waals surface area contributed by atoms with Crippen molar-refractivity contribution in [3.63, 3.8) is 0 Å². The van der Waals surface area contributed by atoms with Gasteiger partial charge in [-0.25, -0.2) is 4.79 Å². The van der Waals surface area contributed by atoms with Gasteiger partial charge >= 0.3 is 0 Å². The van der Waals surface area contributed by atoms with Gasteiger partial charge in [0.15, 0.2) is 0 Å². The summed E-state index contributed by atoms with van der Waals surface area (Å²) >= 11 is 0. The number of fused-ring (bicyclic) bond motifs is 2. The van der Waals surface area contributed by atoms with E-state index in [-0.39, 0.29) is 0 Å². The quantitative estimate of drug-likeness (QED) is 0.426. The van der Waals surface area contributed by atoms with Gasteiger partial charge in [0, 0.05) is 0 Å². The zero-order valence-electron chi connectivity index (χ0n) is 5.29. The van der Waals surface area contributed by atoms with Crippen molar-refractivity contribution < 1.29 is 4.79 Å². The summed E-state index contributed by atoms with van der Waals surface area (Å²) in [6, 6.07) is 5.86. The largest absolute Gasteiger partial charge is 0.240 e. The predicted octanol–water partition coefficient (Wildman–Crippen LogP) is 1.56. The Hall–Kier alpha value is -1.40. The van der Waals surface area contributed by atoms with E-state index in [1.807, 2.05) is 18.2 Å². The van der Waals surface area contributed by atoms with Crippen LogP contribution in [0.2, 0.25) is 0 Å². The number of benzene rings is 1. The monoisotopic (exact) mass is 131 g/mol. The molecular weight excluding hydrogens is 126 g/mol. The molecule has 0 saturated heterocycles. The number of hydrogen-bond donors (Lipinski definition) is 0. The van der Waals surface area contributed by atoms with Crippen LogP contribution in [-0.4, -0.2) is 6.08 Å². The van der Waals surface area contributed by atoms with Crippen LogP contribution in [0.4, 0.5) is 5.69 Å². The van der Waals surface area contributed by atoms with Gasteiger partial charge in [-0.3, -0.25) is 0 Å². The Morgan fingerprint density at radius 2 is 2.30 bits per heavy atom. The van der Waals surface area contributed by atoms with Gasteiger partial charge in [0.05, 0.1) is 5.69 Å². The van der Waals surface area contributed by atoms with E-state index in [1.165, 1.54) is 11.6 Å². The summed E-state index contributed by atoms with van der Waals surface area (Å²) in [6.45, 7) is 0. The summed E-state index contributed by atoms with van der Waals surface area (Å²) in [5, 5.41) is 0. The molecule has 2 nitrogen and oxygen atoms in total. The van der Waals surface area contributed by atoms with Gasteiger partial charge in [-0.2, -0.15) is 4.99 Å². The average molecular weight is 131 g/mol. The number of carbonyl (C=O) groups excluding carboxylic acids is 1. The third-order valence-electron chi connectivity index (χ3n) is 1.70. The molecule has 0 unspecified atom stereocenters. The molecule has 2 bridgehead atoms. The Kier molecular flexibility index (Phi) is 0.965. The summed E-state index contributed by atoms with van der Waals surface area (Å²) in [5.74, 6) is 0. The van der Waals surface area contributed by atoms with Crippen molar-refractivity contribution in [2.24, 2.45) is 4.99 Å².